The highest BCUT2D eigenvalue weighted by molar-refractivity contribution is 6.29. The van der Waals surface area contributed by atoms with Gasteiger partial charge in [-0.1, -0.05) is 18.5 Å². The number of aryl methyl sites for hydroxylation is 1. The standard InChI is InChI=1S/C10H15ClN2O/c1-7-3-8(4-9(11)13-7)10(2,5-12)6-14/h3-4,14H,5-6,12H2,1-2H3. The lowest BCUT2D eigenvalue weighted by molar-refractivity contribution is 0.210. The van der Waals surface area contributed by atoms with Crippen molar-refractivity contribution in [1.29, 1.82) is 0 Å². The van der Waals surface area contributed by atoms with Gasteiger partial charge in [-0.2, -0.15) is 0 Å². The summed E-state index contributed by atoms with van der Waals surface area (Å²) in [7, 11) is 0. The smallest absolute Gasteiger partial charge is 0.129 e. The van der Waals surface area contributed by atoms with Crippen molar-refractivity contribution in [2.75, 3.05) is 13.2 Å². The van der Waals surface area contributed by atoms with Crippen LogP contribution >= 0.6 is 11.6 Å². The molecule has 0 saturated carbocycles. The first-order chi connectivity index (χ1) is 6.51. The molecular weight excluding hydrogens is 200 g/mol. The van der Waals surface area contributed by atoms with Crippen molar-refractivity contribution in [3.05, 3.63) is 28.5 Å². The molecule has 3 N–H and O–H groups in total. The third kappa shape index (κ3) is 2.23. The second-order valence-electron chi connectivity index (χ2n) is 3.74. The Morgan fingerprint density at radius 2 is 2.21 bits per heavy atom. The molecule has 0 radical (unpaired) electrons. The van der Waals surface area contributed by atoms with Crippen LogP contribution in [-0.2, 0) is 5.41 Å². The number of aromatic nitrogens is 1. The molecule has 0 aliphatic rings. The van der Waals surface area contributed by atoms with E-state index in [1.807, 2.05) is 19.9 Å². The van der Waals surface area contributed by atoms with E-state index >= 15 is 0 Å². The highest BCUT2D eigenvalue weighted by Gasteiger charge is 2.24. The summed E-state index contributed by atoms with van der Waals surface area (Å²) >= 11 is 5.84. The maximum absolute atomic E-state index is 9.28. The number of nitrogens with two attached hydrogens (primary N) is 1. The predicted molar refractivity (Wildman–Crippen MR) is 57.5 cm³/mol. The highest BCUT2D eigenvalue weighted by atomic mass is 35.5. The first kappa shape index (κ1) is 11.4. The van der Waals surface area contributed by atoms with Gasteiger partial charge in [0.15, 0.2) is 0 Å². The van der Waals surface area contributed by atoms with Gasteiger partial charge in [0, 0.05) is 17.7 Å². The summed E-state index contributed by atoms with van der Waals surface area (Å²) in [5, 5.41) is 9.72. The summed E-state index contributed by atoms with van der Waals surface area (Å²) in [5.74, 6) is 0. The normalized spacial score (nSPS) is 15.2. The summed E-state index contributed by atoms with van der Waals surface area (Å²) in [6.45, 7) is 4.15. The predicted octanol–water partition coefficient (Wildman–Crippen LogP) is 1.25. The first-order valence-corrected chi connectivity index (χ1v) is 4.85. The van der Waals surface area contributed by atoms with E-state index in [-0.39, 0.29) is 6.61 Å². The van der Waals surface area contributed by atoms with Crippen molar-refractivity contribution in [3.8, 4) is 0 Å². The number of pyridine rings is 1. The average molecular weight is 215 g/mol. The Balaban J connectivity index is 3.17. The number of nitrogens with zero attached hydrogens (tertiary/aromatic N) is 1. The van der Waals surface area contributed by atoms with E-state index in [9.17, 15) is 5.11 Å². The quantitative estimate of drug-likeness (QED) is 0.745. The molecule has 1 unspecified atom stereocenters. The molecule has 0 aromatic carbocycles. The molecule has 0 aliphatic carbocycles. The van der Waals surface area contributed by atoms with E-state index in [0.29, 0.717) is 11.7 Å². The lowest BCUT2D eigenvalue weighted by Crippen LogP contribution is -2.35. The molecule has 3 nitrogen and oxygen atoms in total. The molecule has 1 rings (SSSR count). The summed E-state index contributed by atoms with van der Waals surface area (Å²) in [5.41, 5.74) is 6.96. The van der Waals surface area contributed by atoms with Crippen LogP contribution in [0.4, 0.5) is 0 Å². The van der Waals surface area contributed by atoms with E-state index in [0.717, 1.165) is 11.3 Å². The van der Waals surface area contributed by atoms with Crippen molar-refractivity contribution in [2.45, 2.75) is 19.3 Å². The minimum Gasteiger partial charge on any atom is -0.395 e. The molecule has 0 fully saturated rings. The summed E-state index contributed by atoms with van der Waals surface area (Å²) in [4.78, 5) is 4.06. The Bertz CT molecular complexity index is 304. The fourth-order valence-electron chi connectivity index (χ4n) is 1.25. The zero-order chi connectivity index (χ0) is 10.8. The monoisotopic (exact) mass is 214 g/mol. The molecule has 0 amide bonds. The molecule has 1 aromatic rings. The minimum atomic E-state index is -0.433. The topological polar surface area (TPSA) is 59.1 Å². The second-order valence-corrected chi connectivity index (χ2v) is 4.13. The second kappa shape index (κ2) is 4.26. The lowest BCUT2D eigenvalue weighted by Gasteiger charge is -2.26. The van der Waals surface area contributed by atoms with Gasteiger partial charge in [-0.3, -0.25) is 0 Å². The maximum Gasteiger partial charge on any atom is 0.129 e. The average Bonchev–Trinajstić information content (AvgIpc) is 2.15. The van der Waals surface area contributed by atoms with Crippen molar-refractivity contribution in [1.82, 2.24) is 4.98 Å². The summed E-state index contributed by atoms with van der Waals surface area (Å²) in [6, 6.07) is 3.65. The summed E-state index contributed by atoms with van der Waals surface area (Å²) < 4.78 is 0. The Morgan fingerprint density at radius 1 is 1.57 bits per heavy atom. The molecule has 0 saturated heterocycles. The molecule has 4 heteroatoms. The number of hydrogen-bond acceptors (Lipinski definition) is 3. The van der Waals surface area contributed by atoms with Crippen LogP contribution < -0.4 is 5.73 Å². The largest absolute Gasteiger partial charge is 0.395 e. The molecule has 14 heavy (non-hydrogen) atoms. The SMILES string of the molecule is Cc1cc(C(C)(CN)CO)cc(Cl)n1. The fraction of sp³-hybridized carbons (Fsp3) is 0.500. The van der Waals surface area contributed by atoms with Crippen LogP contribution in [0.2, 0.25) is 5.15 Å². The van der Waals surface area contributed by atoms with Gasteiger partial charge < -0.3 is 10.8 Å². The van der Waals surface area contributed by atoms with Crippen LogP contribution in [0.5, 0.6) is 0 Å². The van der Waals surface area contributed by atoms with Gasteiger partial charge in [-0.05, 0) is 24.6 Å². The molecular formula is C10H15ClN2O. The van der Waals surface area contributed by atoms with Gasteiger partial charge in [0.2, 0.25) is 0 Å². The zero-order valence-electron chi connectivity index (χ0n) is 8.42. The van der Waals surface area contributed by atoms with Crippen molar-refractivity contribution < 1.29 is 5.11 Å². The van der Waals surface area contributed by atoms with Gasteiger partial charge in [0.05, 0.1) is 6.61 Å². The molecule has 78 valence electrons. The Hall–Kier alpha value is -0.640. The van der Waals surface area contributed by atoms with Crippen LogP contribution in [-0.4, -0.2) is 23.2 Å². The van der Waals surface area contributed by atoms with Crippen molar-refractivity contribution >= 4 is 11.6 Å². The van der Waals surface area contributed by atoms with Gasteiger partial charge in [-0.15, -0.1) is 0 Å². The van der Waals surface area contributed by atoms with Crippen molar-refractivity contribution in [3.63, 3.8) is 0 Å². The maximum atomic E-state index is 9.28. The van der Waals surface area contributed by atoms with Gasteiger partial charge in [0.1, 0.15) is 5.15 Å². The van der Waals surface area contributed by atoms with E-state index < -0.39 is 5.41 Å². The number of aliphatic hydroxyl groups is 1. The molecule has 1 atom stereocenters. The van der Waals surface area contributed by atoms with E-state index in [4.69, 9.17) is 17.3 Å². The van der Waals surface area contributed by atoms with E-state index in [1.54, 1.807) is 6.07 Å². The van der Waals surface area contributed by atoms with Crippen LogP contribution in [0.25, 0.3) is 0 Å². The lowest BCUT2D eigenvalue weighted by atomic mass is 9.84. The Kier molecular flexibility index (Phi) is 3.48. The fourth-order valence-corrected chi connectivity index (χ4v) is 1.50. The van der Waals surface area contributed by atoms with E-state index in [1.165, 1.54) is 0 Å². The molecule has 1 aromatic heterocycles. The van der Waals surface area contributed by atoms with Crippen LogP contribution in [0, 0.1) is 6.92 Å². The van der Waals surface area contributed by atoms with Crippen LogP contribution in [0.3, 0.4) is 0 Å². The number of aliphatic hydroxyl groups excluding tert-OH is 1. The minimum absolute atomic E-state index is 0.00326. The molecule has 1 heterocycles. The molecule has 0 aliphatic heterocycles. The summed E-state index contributed by atoms with van der Waals surface area (Å²) in [6.07, 6.45) is 0. The van der Waals surface area contributed by atoms with Crippen LogP contribution in [0.1, 0.15) is 18.2 Å². The third-order valence-electron chi connectivity index (χ3n) is 2.42. The van der Waals surface area contributed by atoms with Crippen LogP contribution in [0.15, 0.2) is 12.1 Å². The van der Waals surface area contributed by atoms with Gasteiger partial charge >= 0.3 is 0 Å². The molecule has 0 spiro atoms. The molecule has 0 bridgehead atoms. The van der Waals surface area contributed by atoms with Gasteiger partial charge in [-0.25, -0.2) is 4.98 Å². The Morgan fingerprint density at radius 3 is 2.64 bits per heavy atom. The highest BCUT2D eigenvalue weighted by Crippen LogP contribution is 2.24. The number of rotatable bonds is 3. The Labute approximate surface area is 88.9 Å². The number of hydrogen-bond donors (Lipinski definition) is 2. The number of halogens is 1. The van der Waals surface area contributed by atoms with Gasteiger partial charge in [0.25, 0.3) is 0 Å². The third-order valence-corrected chi connectivity index (χ3v) is 2.61. The van der Waals surface area contributed by atoms with E-state index in [2.05, 4.69) is 4.98 Å². The zero-order valence-corrected chi connectivity index (χ0v) is 9.17. The first-order valence-electron chi connectivity index (χ1n) is 4.47. The van der Waals surface area contributed by atoms with Crippen molar-refractivity contribution in [2.24, 2.45) is 5.73 Å².